The molecule has 0 aromatic heterocycles. The third-order valence-corrected chi connectivity index (χ3v) is 2.36. The summed E-state index contributed by atoms with van der Waals surface area (Å²) in [6.45, 7) is 2.89. The number of rotatable bonds is 3. The highest BCUT2D eigenvalue weighted by Crippen LogP contribution is 2.30. The predicted octanol–water partition coefficient (Wildman–Crippen LogP) is 3.21. The number of carbonyl (C=O) groups is 1. The quantitative estimate of drug-likeness (QED) is 0.618. The molecule has 0 N–H and O–H groups in total. The minimum atomic E-state index is -4.46. The number of benzene rings is 1. The van der Waals surface area contributed by atoms with Crippen LogP contribution in [0, 0.1) is 0 Å². The zero-order chi connectivity index (χ0) is 13.9. The molecule has 0 amide bonds. The first kappa shape index (κ1) is 14.3. The molecule has 0 fully saturated rings. The fourth-order valence-corrected chi connectivity index (χ4v) is 1.61. The topological polar surface area (TPSA) is 29.5 Å². The summed E-state index contributed by atoms with van der Waals surface area (Å²) in [5, 5.41) is 0. The molecule has 0 saturated carbocycles. The van der Waals surface area contributed by atoms with E-state index >= 15 is 0 Å². The lowest BCUT2D eigenvalue weighted by Gasteiger charge is -2.30. The predicted molar refractivity (Wildman–Crippen MR) is 61.5 cm³/mol. The van der Waals surface area contributed by atoms with E-state index in [9.17, 15) is 18.0 Å². The third-order valence-electron chi connectivity index (χ3n) is 2.36. The maximum Gasteiger partial charge on any atom is 0.485 e. The van der Waals surface area contributed by atoms with Crippen LogP contribution in [0.1, 0.15) is 24.2 Å². The van der Waals surface area contributed by atoms with Gasteiger partial charge in [-0.05, 0) is 38.1 Å². The Morgan fingerprint density at radius 1 is 1.22 bits per heavy atom. The average molecular weight is 261 g/mol. The van der Waals surface area contributed by atoms with Crippen LogP contribution in [0.15, 0.2) is 24.3 Å². The van der Waals surface area contributed by atoms with Gasteiger partial charge in [-0.2, -0.15) is 13.2 Å². The summed E-state index contributed by atoms with van der Waals surface area (Å²) in [4.78, 5) is 11.5. The normalized spacial score (nSPS) is 11.5. The van der Waals surface area contributed by atoms with Crippen molar-refractivity contribution in [3.8, 4) is 0 Å². The van der Waals surface area contributed by atoms with Gasteiger partial charge in [-0.15, -0.1) is 0 Å². The molecule has 1 rings (SSSR count). The second kappa shape index (κ2) is 5.29. The van der Waals surface area contributed by atoms with Gasteiger partial charge in [0, 0.05) is 11.7 Å². The van der Waals surface area contributed by atoms with Crippen LogP contribution in [0.3, 0.4) is 0 Å². The third kappa shape index (κ3) is 3.15. The van der Waals surface area contributed by atoms with Crippen molar-refractivity contribution in [3.05, 3.63) is 29.8 Å². The van der Waals surface area contributed by atoms with Gasteiger partial charge in [0.25, 0.3) is 0 Å². The number of hydrogen-bond donors (Lipinski definition) is 0. The molecule has 1 aromatic carbocycles. The lowest BCUT2D eigenvalue weighted by Crippen LogP contribution is -2.43. The van der Waals surface area contributed by atoms with E-state index in [-0.39, 0.29) is 11.3 Å². The highest BCUT2D eigenvalue weighted by atomic mass is 19.4. The van der Waals surface area contributed by atoms with E-state index in [4.69, 9.17) is 0 Å². The highest BCUT2D eigenvalue weighted by molar-refractivity contribution is 5.89. The first-order chi connectivity index (χ1) is 8.27. The molecule has 1 aromatic rings. The monoisotopic (exact) mass is 261 g/mol. The van der Waals surface area contributed by atoms with Gasteiger partial charge in [0.2, 0.25) is 0 Å². The van der Waals surface area contributed by atoms with Gasteiger partial charge in [-0.1, -0.05) is 0 Å². The second-order valence-corrected chi connectivity index (χ2v) is 3.97. The van der Waals surface area contributed by atoms with Gasteiger partial charge < -0.3 is 4.74 Å². The number of nitrogens with zero attached hydrogens (tertiary/aromatic N) is 1. The standard InChI is InChI=1S/C12H14F3NO2/c1-8(2)16(12(13,14)15)10-6-4-9(5-7-10)11(17)18-3/h4-8H,1-3H3. The summed E-state index contributed by atoms with van der Waals surface area (Å²) in [5.41, 5.74) is 0.206. The van der Waals surface area contributed by atoms with E-state index in [0.29, 0.717) is 4.90 Å². The van der Waals surface area contributed by atoms with Gasteiger partial charge in [-0.25, -0.2) is 4.79 Å². The Balaban J connectivity index is 3.06. The fourth-order valence-electron chi connectivity index (χ4n) is 1.61. The van der Waals surface area contributed by atoms with E-state index in [2.05, 4.69) is 4.74 Å². The first-order valence-corrected chi connectivity index (χ1v) is 5.31. The molecule has 18 heavy (non-hydrogen) atoms. The molecule has 0 bridgehead atoms. The van der Waals surface area contributed by atoms with Crippen LogP contribution in [-0.2, 0) is 4.74 Å². The molecule has 0 spiro atoms. The smallest absolute Gasteiger partial charge is 0.465 e. The molecule has 100 valence electrons. The molecular weight excluding hydrogens is 247 g/mol. The Morgan fingerprint density at radius 2 is 1.72 bits per heavy atom. The Morgan fingerprint density at radius 3 is 2.06 bits per heavy atom. The number of esters is 1. The number of carbonyl (C=O) groups excluding carboxylic acids is 1. The first-order valence-electron chi connectivity index (χ1n) is 5.31. The van der Waals surface area contributed by atoms with Gasteiger partial charge >= 0.3 is 12.3 Å². The van der Waals surface area contributed by atoms with E-state index in [0.717, 1.165) is 0 Å². The second-order valence-electron chi connectivity index (χ2n) is 3.97. The molecular formula is C12H14F3NO2. The molecule has 3 nitrogen and oxygen atoms in total. The van der Waals surface area contributed by atoms with Crippen molar-refractivity contribution in [2.24, 2.45) is 0 Å². The number of alkyl halides is 3. The van der Waals surface area contributed by atoms with Crippen LogP contribution < -0.4 is 4.90 Å². The highest BCUT2D eigenvalue weighted by Gasteiger charge is 2.39. The van der Waals surface area contributed by atoms with Crippen LogP contribution in [0.25, 0.3) is 0 Å². The number of methoxy groups -OCH3 is 1. The number of halogens is 3. The van der Waals surface area contributed by atoms with Crippen LogP contribution in [0.5, 0.6) is 0 Å². The SMILES string of the molecule is COC(=O)c1ccc(N(C(C)C)C(F)(F)F)cc1. The van der Waals surface area contributed by atoms with E-state index in [1.807, 2.05) is 0 Å². The maximum absolute atomic E-state index is 12.8. The van der Waals surface area contributed by atoms with Crippen molar-refractivity contribution in [3.63, 3.8) is 0 Å². The molecule has 0 radical (unpaired) electrons. The minimum Gasteiger partial charge on any atom is -0.465 e. The molecule has 0 aliphatic carbocycles. The molecule has 0 atom stereocenters. The van der Waals surface area contributed by atoms with Gasteiger partial charge in [0.1, 0.15) is 0 Å². The largest absolute Gasteiger partial charge is 0.485 e. The van der Waals surface area contributed by atoms with Crippen molar-refractivity contribution < 1.29 is 22.7 Å². The van der Waals surface area contributed by atoms with Crippen LogP contribution in [0.4, 0.5) is 18.9 Å². The summed E-state index contributed by atoms with van der Waals surface area (Å²) < 4.78 is 42.9. The van der Waals surface area contributed by atoms with Crippen LogP contribution in [0.2, 0.25) is 0 Å². The Labute approximate surface area is 103 Å². The van der Waals surface area contributed by atoms with E-state index in [1.54, 1.807) is 0 Å². The minimum absolute atomic E-state index is 0.00912. The summed E-state index contributed by atoms with van der Waals surface area (Å²) in [5.74, 6) is -0.579. The van der Waals surface area contributed by atoms with Crippen LogP contribution >= 0.6 is 0 Å². The molecule has 6 heteroatoms. The van der Waals surface area contributed by atoms with Gasteiger partial charge in [0.05, 0.1) is 12.7 Å². The maximum atomic E-state index is 12.8. The Bertz CT molecular complexity index is 412. The van der Waals surface area contributed by atoms with E-state index < -0.39 is 18.3 Å². The van der Waals surface area contributed by atoms with E-state index in [1.165, 1.54) is 45.2 Å². The number of anilines is 1. The van der Waals surface area contributed by atoms with Crippen molar-refractivity contribution in [1.82, 2.24) is 0 Å². The lowest BCUT2D eigenvalue weighted by molar-refractivity contribution is -0.133. The summed E-state index contributed by atoms with van der Waals surface area (Å²) >= 11 is 0. The number of ether oxygens (including phenoxy) is 1. The Kier molecular flexibility index (Phi) is 4.21. The lowest BCUT2D eigenvalue weighted by atomic mass is 10.2. The summed E-state index contributed by atoms with van der Waals surface area (Å²) in [6, 6.07) is 4.39. The van der Waals surface area contributed by atoms with Crippen molar-refractivity contribution >= 4 is 11.7 Å². The summed E-state index contributed by atoms with van der Waals surface area (Å²) in [7, 11) is 1.21. The van der Waals surface area contributed by atoms with Crippen LogP contribution in [-0.4, -0.2) is 25.4 Å². The summed E-state index contributed by atoms with van der Waals surface area (Å²) in [6.07, 6.45) is -4.46. The molecule has 0 aliphatic rings. The number of hydrogen-bond acceptors (Lipinski definition) is 3. The average Bonchev–Trinajstić information content (AvgIpc) is 2.26. The van der Waals surface area contributed by atoms with Crippen molar-refractivity contribution in [2.45, 2.75) is 26.2 Å². The van der Waals surface area contributed by atoms with Crippen molar-refractivity contribution in [1.29, 1.82) is 0 Å². The van der Waals surface area contributed by atoms with Gasteiger partial charge in [0.15, 0.2) is 0 Å². The molecule has 0 unspecified atom stereocenters. The van der Waals surface area contributed by atoms with Crippen molar-refractivity contribution in [2.75, 3.05) is 12.0 Å². The zero-order valence-electron chi connectivity index (χ0n) is 10.3. The molecule has 0 aliphatic heterocycles. The molecule has 0 heterocycles. The fraction of sp³-hybridized carbons (Fsp3) is 0.417. The molecule has 0 saturated heterocycles. The zero-order valence-corrected chi connectivity index (χ0v) is 10.3. The Hall–Kier alpha value is -1.72. The van der Waals surface area contributed by atoms with Gasteiger partial charge in [-0.3, -0.25) is 4.90 Å².